The number of rotatable bonds is 4. The van der Waals surface area contributed by atoms with Gasteiger partial charge in [-0.3, -0.25) is 9.59 Å². The third kappa shape index (κ3) is 3.85. The van der Waals surface area contributed by atoms with Gasteiger partial charge in [0.15, 0.2) is 0 Å². The molecule has 0 radical (unpaired) electrons. The van der Waals surface area contributed by atoms with Gasteiger partial charge in [-0.2, -0.15) is 5.26 Å². The highest BCUT2D eigenvalue weighted by molar-refractivity contribution is 6.04. The summed E-state index contributed by atoms with van der Waals surface area (Å²) in [7, 11) is 0. The maximum Gasteiger partial charge on any atom is 0.229 e. The van der Waals surface area contributed by atoms with Crippen LogP contribution in [0.2, 0.25) is 0 Å². The highest BCUT2D eigenvalue weighted by atomic mass is 16.2. The lowest BCUT2D eigenvalue weighted by atomic mass is 9.97. The first-order valence-electron chi connectivity index (χ1n) is 9.11. The molecule has 2 aromatic rings. The van der Waals surface area contributed by atoms with Crippen LogP contribution in [-0.2, 0) is 9.59 Å². The average Bonchev–Trinajstić information content (AvgIpc) is 3.05. The van der Waals surface area contributed by atoms with E-state index in [1.165, 1.54) is 0 Å². The minimum atomic E-state index is -0.414. The second-order valence-electron chi connectivity index (χ2n) is 7.25. The lowest BCUT2D eigenvalue weighted by molar-refractivity contribution is -0.122. The summed E-state index contributed by atoms with van der Waals surface area (Å²) in [6.45, 7) is 6.48. The molecule has 138 valence electrons. The Kier molecular flexibility index (Phi) is 5.27. The Morgan fingerprint density at radius 3 is 2.70 bits per heavy atom. The molecule has 1 aliphatic rings. The van der Waals surface area contributed by atoms with Gasteiger partial charge >= 0.3 is 0 Å². The number of aryl methyl sites for hydroxylation is 1. The lowest BCUT2D eigenvalue weighted by Crippen LogP contribution is -2.28. The summed E-state index contributed by atoms with van der Waals surface area (Å²) in [6.07, 6.45) is 0.172. The number of nitriles is 1. The van der Waals surface area contributed by atoms with E-state index in [1.54, 1.807) is 29.2 Å². The summed E-state index contributed by atoms with van der Waals surface area (Å²) in [4.78, 5) is 26.9. The Bertz CT molecular complexity index is 927. The van der Waals surface area contributed by atoms with Crippen molar-refractivity contribution in [1.82, 2.24) is 0 Å². The first kappa shape index (κ1) is 18.7. The number of carbonyl (C=O) groups excluding carboxylic acids is 2. The van der Waals surface area contributed by atoms with E-state index in [1.807, 2.05) is 25.1 Å². The van der Waals surface area contributed by atoms with Crippen LogP contribution < -0.4 is 10.2 Å². The molecule has 1 fully saturated rings. The number of hydrogen-bond acceptors (Lipinski definition) is 3. The fourth-order valence-corrected chi connectivity index (χ4v) is 3.44. The van der Waals surface area contributed by atoms with Crippen LogP contribution >= 0.6 is 0 Å². The van der Waals surface area contributed by atoms with E-state index in [0.717, 1.165) is 16.8 Å². The molecule has 0 aliphatic carbocycles. The van der Waals surface area contributed by atoms with Crippen LogP contribution in [0.4, 0.5) is 11.4 Å². The predicted molar refractivity (Wildman–Crippen MR) is 106 cm³/mol. The summed E-state index contributed by atoms with van der Waals surface area (Å²) in [6, 6.07) is 15.0. The molecule has 1 heterocycles. The number of hydrogen-bond donors (Lipinski definition) is 1. The molecule has 5 heteroatoms. The topological polar surface area (TPSA) is 73.2 Å². The average molecular weight is 361 g/mol. The van der Waals surface area contributed by atoms with E-state index in [9.17, 15) is 9.59 Å². The first-order chi connectivity index (χ1) is 12.9. The van der Waals surface area contributed by atoms with Gasteiger partial charge in [-0.1, -0.05) is 38.1 Å². The van der Waals surface area contributed by atoms with E-state index in [4.69, 9.17) is 5.26 Å². The maximum atomic E-state index is 12.8. The molecule has 1 atom stereocenters. The zero-order valence-corrected chi connectivity index (χ0v) is 15.8. The van der Waals surface area contributed by atoms with Crippen molar-refractivity contribution in [3.05, 3.63) is 59.2 Å². The Morgan fingerprint density at radius 2 is 2.00 bits per heavy atom. The molecule has 27 heavy (non-hydrogen) atoms. The number of nitrogens with one attached hydrogen (secondary N) is 1. The van der Waals surface area contributed by atoms with Crippen LogP contribution in [0.1, 0.15) is 42.9 Å². The molecule has 0 bridgehead atoms. The highest BCUT2D eigenvalue weighted by Crippen LogP contribution is 2.30. The highest BCUT2D eigenvalue weighted by Gasteiger charge is 2.35. The molecule has 2 aromatic carbocycles. The number of benzene rings is 2. The van der Waals surface area contributed by atoms with Gasteiger partial charge in [-0.05, 0) is 42.2 Å². The minimum Gasteiger partial charge on any atom is -0.325 e. The molecule has 1 saturated heterocycles. The molecule has 0 spiro atoms. The summed E-state index contributed by atoms with van der Waals surface area (Å²) in [5.41, 5.74) is 4.10. The number of anilines is 2. The zero-order valence-electron chi connectivity index (χ0n) is 15.8. The molecule has 0 aromatic heterocycles. The van der Waals surface area contributed by atoms with E-state index in [0.29, 0.717) is 17.8 Å². The molecule has 2 amide bonds. The van der Waals surface area contributed by atoms with Crippen molar-refractivity contribution in [3.63, 3.8) is 0 Å². The van der Waals surface area contributed by atoms with Crippen LogP contribution in [0.3, 0.4) is 0 Å². The largest absolute Gasteiger partial charge is 0.325 e. The van der Waals surface area contributed by atoms with Crippen LogP contribution in [0.25, 0.3) is 0 Å². The Hall–Kier alpha value is -3.13. The van der Waals surface area contributed by atoms with Crippen molar-refractivity contribution < 1.29 is 9.59 Å². The predicted octanol–water partition coefficient (Wildman–Crippen LogP) is 3.98. The molecular formula is C22H23N3O2. The first-order valence-corrected chi connectivity index (χ1v) is 9.11. The Balaban J connectivity index is 1.78. The number of amides is 2. The summed E-state index contributed by atoms with van der Waals surface area (Å²) in [5.74, 6) is -0.365. The van der Waals surface area contributed by atoms with Crippen molar-refractivity contribution in [2.75, 3.05) is 16.8 Å². The standard InChI is InChI=1S/C22H23N3O2/c1-14(2)19-9-4-6-15(3)21(19)24-22(27)17-11-20(26)25(13-17)18-8-5-7-16(10-18)12-23/h4-10,14,17H,11,13H2,1-3H3,(H,24,27). The van der Waals surface area contributed by atoms with Crippen molar-refractivity contribution in [2.24, 2.45) is 5.92 Å². The smallest absolute Gasteiger partial charge is 0.229 e. The Labute approximate surface area is 159 Å². The fourth-order valence-electron chi connectivity index (χ4n) is 3.44. The van der Waals surface area contributed by atoms with Crippen molar-refractivity contribution in [3.8, 4) is 6.07 Å². The van der Waals surface area contributed by atoms with E-state index < -0.39 is 5.92 Å². The van der Waals surface area contributed by atoms with Crippen LogP contribution in [0, 0.1) is 24.2 Å². The van der Waals surface area contributed by atoms with Crippen molar-refractivity contribution in [1.29, 1.82) is 5.26 Å². The summed E-state index contributed by atoms with van der Waals surface area (Å²) in [5, 5.41) is 12.1. The van der Waals surface area contributed by atoms with E-state index in [2.05, 4.69) is 25.2 Å². The number of carbonyl (C=O) groups is 2. The maximum absolute atomic E-state index is 12.8. The molecular weight excluding hydrogens is 338 g/mol. The van der Waals surface area contributed by atoms with Crippen LogP contribution in [0.5, 0.6) is 0 Å². The third-order valence-electron chi connectivity index (χ3n) is 4.96. The minimum absolute atomic E-state index is 0.0980. The van der Waals surface area contributed by atoms with Crippen LogP contribution in [-0.4, -0.2) is 18.4 Å². The van der Waals surface area contributed by atoms with E-state index >= 15 is 0 Å². The summed E-state index contributed by atoms with van der Waals surface area (Å²) >= 11 is 0. The molecule has 0 saturated carbocycles. The van der Waals surface area contributed by atoms with Gasteiger partial charge in [0, 0.05) is 24.3 Å². The Morgan fingerprint density at radius 1 is 1.26 bits per heavy atom. The molecule has 3 rings (SSSR count). The van der Waals surface area contributed by atoms with Crippen LogP contribution in [0.15, 0.2) is 42.5 Å². The van der Waals surface area contributed by atoms with Gasteiger partial charge < -0.3 is 10.2 Å². The van der Waals surface area contributed by atoms with Crippen molar-refractivity contribution in [2.45, 2.75) is 33.1 Å². The zero-order chi connectivity index (χ0) is 19.6. The molecule has 1 aliphatic heterocycles. The van der Waals surface area contributed by atoms with Gasteiger partial charge in [0.2, 0.25) is 11.8 Å². The monoisotopic (exact) mass is 361 g/mol. The van der Waals surface area contributed by atoms with Gasteiger partial charge in [-0.25, -0.2) is 0 Å². The number of para-hydroxylation sites is 1. The number of nitrogens with zero attached hydrogens (tertiary/aromatic N) is 2. The van der Waals surface area contributed by atoms with Gasteiger partial charge in [0.25, 0.3) is 0 Å². The third-order valence-corrected chi connectivity index (χ3v) is 4.96. The molecule has 5 nitrogen and oxygen atoms in total. The van der Waals surface area contributed by atoms with Gasteiger partial charge in [0.05, 0.1) is 17.6 Å². The van der Waals surface area contributed by atoms with Gasteiger partial charge in [-0.15, -0.1) is 0 Å². The van der Waals surface area contributed by atoms with Gasteiger partial charge in [0.1, 0.15) is 0 Å². The molecule has 1 unspecified atom stereocenters. The van der Waals surface area contributed by atoms with E-state index in [-0.39, 0.29) is 24.2 Å². The fraction of sp³-hybridized carbons (Fsp3) is 0.318. The molecule has 1 N–H and O–H groups in total. The second kappa shape index (κ2) is 7.63. The normalized spacial score (nSPS) is 16.5. The van der Waals surface area contributed by atoms with Crippen molar-refractivity contribution >= 4 is 23.2 Å². The quantitative estimate of drug-likeness (QED) is 0.895. The lowest BCUT2D eigenvalue weighted by Gasteiger charge is -2.19. The second-order valence-corrected chi connectivity index (χ2v) is 7.25. The summed E-state index contributed by atoms with van der Waals surface area (Å²) < 4.78 is 0. The SMILES string of the molecule is Cc1cccc(C(C)C)c1NC(=O)C1CC(=O)N(c2cccc(C#N)c2)C1.